The van der Waals surface area contributed by atoms with Crippen LogP contribution in [0.4, 0.5) is 0 Å². The number of carbonyl (C=O) groups is 1. The van der Waals surface area contributed by atoms with Crippen LogP contribution in [0.25, 0.3) is 0 Å². The molecular formula is C21H21ClN2O2. The molecule has 3 aromatic rings. The quantitative estimate of drug-likeness (QED) is 0.646. The number of nitrogens with one attached hydrogen (secondary N) is 2. The van der Waals surface area contributed by atoms with Crippen LogP contribution in [0.3, 0.4) is 0 Å². The minimum atomic E-state index is -0.178. The summed E-state index contributed by atoms with van der Waals surface area (Å²) < 4.78 is 5.54. The highest BCUT2D eigenvalue weighted by atomic mass is 35.5. The Hall–Kier alpha value is -2.56. The van der Waals surface area contributed by atoms with Crippen molar-refractivity contribution in [2.75, 3.05) is 6.54 Å². The van der Waals surface area contributed by atoms with E-state index in [0.29, 0.717) is 5.02 Å². The fraction of sp³-hybridized carbons (Fsp3) is 0.190. The van der Waals surface area contributed by atoms with Gasteiger partial charge in [-0.25, -0.2) is 0 Å². The summed E-state index contributed by atoms with van der Waals surface area (Å²) in [6.45, 7) is 2.13. The molecule has 3 rings (SSSR count). The molecule has 2 aromatic carbocycles. The lowest BCUT2D eigenvalue weighted by molar-refractivity contribution is -0.121. The van der Waals surface area contributed by atoms with Gasteiger partial charge in [0.2, 0.25) is 5.91 Å². The molecule has 5 heteroatoms. The largest absolute Gasteiger partial charge is 0.467 e. The average Bonchev–Trinajstić information content (AvgIpc) is 3.17. The van der Waals surface area contributed by atoms with Crippen molar-refractivity contribution in [2.24, 2.45) is 0 Å². The lowest BCUT2D eigenvalue weighted by atomic mass is 10.0. The van der Waals surface area contributed by atoms with E-state index in [4.69, 9.17) is 16.0 Å². The van der Waals surface area contributed by atoms with Gasteiger partial charge in [0.15, 0.2) is 0 Å². The molecule has 2 N–H and O–H groups in total. The molecule has 0 bridgehead atoms. The third-order valence-electron chi connectivity index (χ3n) is 4.17. The summed E-state index contributed by atoms with van der Waals surface area (Å²) in [6.07, 6.45) is 1.63. The van der Waals surface area contributed by atoms with Crippen molar-refractivity contribution in [1.29, 1.82) is 0 Å². The summed E-state index contributed by atoms with van der Waals surface area (Å²) >= 11 is 5.91. The molecule has 0 unspecified atom stereocenters. The van der Waals surface area contributed by atoms with Gasteiger partial charge in [-0.3, -0.25) is 10.1 Å². The zero-order chi connectivity index (χ0) is 18.4. The second kappa shape index (κ2) is 8.70. The second-order valence-electron chi connectivity index (χ2n) is 6.08. The molecule has 134 valence electrons. The predicted octanol–water partition coefficient (Wildman–Crippen LogP) is 4.49. The van der Waals surface area contributed by atoms with E-state index in [1.165, 1.54) is 0 Å². The Morgan fingerprint density at radius 1 is 1.00 bits per heavy atom. The monoisotopic (exact) mass is 368 g/mol. The van der Waals surface area contributed by atoms with E-state index in [2.05, 4.69) is 10.6 Å². The Morgan fingerprint density at radius 3 is 2.38 bits per heavy atom. The topological polar surface area (TPSA) is 54.3 Å². The number of hydrogen-bond acceptors (Lipinski definition) is 3. The molecule has 0 saturated carbocycles. The van der Waals surface area contributed by atoms with E-state index in [9.17, 15) is 4.79 Å². The van der Waals surface area contributed by atoms with Crippen LogP contribution in [0.1, 0.15) is 35.9 Å². The maximum absolute atomic E-state index is 12.4. The number of amides is 1. The zero-order valence-electron chi connectivity index (χ0n) is 14.5. The second-order valence-corrected chi connectivity index (χ2v) is 6.52. The number of rotatable bonds is 7. The molecule has 0 spiro atoms. The number of carbonyl (C=O) groups excluding carboxylic acids is 1. The summed E-state index contributed by atoms with van der Waals surface area (Å²) in [4.78, 5) is 12.4. The fourth-order valence-electron chi connectivity index (χ4n) is 2.81. The van der Waals surface area contributed by atoms with Gasteiger partial charge in [-0.2, -0.15) is 0 Å². The molecule has 0 saturated heterocycles. The summed E-state index contributed by atoms with van der Waals surface area (Å²) in [7, 11) is 0. The van der Waals surface area contributed by atoms with Crippen molar-refractivity contribution in [3.63, 3.8) is 0 Å². The highest BCUT2D eigenvalue weighted by Gasteiger charge is 2.18. The number of furan rings is 1. The van der Waals surface area contributed by atoms with Gasteiger partial charge in [0, 0.05) is 5.02 Å². The summed E-state index contributed by atoms with van der Waals surface area (Å²) in [5.74, 6) is 0.690. The van der Waals surface area contributed by atoms with Crippen molar-refractivity contribution >= 4 is 17.5 Å². The van der Waals surface area contributed by atoms with Gasteiger partial charge in [-0.15, -0.1) is 0 Å². The maximum atomic E-state index is 12.4. The molecule has 1 amide bonds. The van der Waals surface area contributed by atoms with E-state index >= 15 is 0 Å². The first kappa shape index (κ1) is 18.2. The molecule has 1 aromatic heterocycles. The fourth-order valence-corrected chi connectivity index (χ4v) is 2.93. The molecular weight excluding hydrogens is 348 g/mol. The van der Waals surface area contributed by atoms with Crippen LogP contribution in [0.5, 0.6) is 0 Å². The minimum absolute atomic E-state index is 0.0834. The molecule has 26 heavy (non-hydrogen) atoms. The van der Waals surface area contributed by atoms with Crippen LogP contribution in [0.15, 0.2) is 77.4 Å². The van der Waals surface area contributed by atoms with Gasteiger partial charge in [0.1, 0.15) is 5.76 Å². The van der Waals surface area contributed by atoms with Crippen molar-refractivity contribution in [3.8, 4) is 0 Å². The lowest BCUT2D eigenvalue weighted by Gasteiger charge is -2.19. The van der Waals surface area contributed by atoms with Crippen LogP contribution >= 0.6 is 11.6 Å². The smallest absolute Gasteiger partial charge is 0.234 e. The number of halogens is 1. The number of benzene rings is 2. The Bertz CT molecular complexity index is 817. The van der Waals surface area contributed by atoms with Crippen molar-refractivity contribution < 1.29 is 9.21 Å². The molecule has 0 fully saturated rings. The van der Waals surface area contributed by atoms with Gasteiger partial charge in [-0.05, 0) is 42.3 Å². The normalized spacial score (nSPS) is 13.2. The first-order chi connectivity index (χ1) is 12.6. The Labute approximate surface area is 158 Å². The van der Waals surface area contributed by atoms with Gasteiger partial charge in [-0.1, -0.05) is 54.1 Å². The first-order valence-corrected chi connectivity index (χ1v) is 8.88. The molecule has 1 heterocycles. The first-order valence-electron chi connectivity index (χ1n) is 8.50. The van der Waals surface area contributed by atoms with Crippen LogP contribution in [-0.2, 0) is 4.79 Å². The molecule has 0 radical (unpaired) electrons. The van der Waals surface area contributed by atoms with Gasteiger partial charge in [0.25, 0.3) is 0 Å². The molecule has 0 aliphatic heterocycles. The van der Waals surface area contributed by atoms with E-state index in [-0.39, 0.29) is 24.5 Å². The third kappa shape index (κ3) is 4.75. The van der Waals surface area contributed by atoms with E-state index in [1.54, 1.807) is 6.26 Å². The summed E-state index contributed by atoms with van der Waals surface area (Å²) in [6, 6.07) is 20.8. The Morgan fingerprint density at radius 2 is 1.73 bits per heavy atom. The highest BCUT2D eigenvalue weighted by molar-refractivity contribution is 6.30. The Kier molecular flexibility index (Phi) is 6.10. The zero-order valence-corrected chi connectivity index (χ0v) is 15.2. The van der Waals surface area contributed by atoms with E-state index in [0.717, 1.165) is 16.9 Å². The lowest BCUT2D eigenvalue weighted by Crippen LogP contribution is -2.37. The average molecular weight is 369 g/mol. The van der Waals surface area contributed by atoms with Crippen LogP contribution < -0.4 is 10.6 Å². The van der Waals surface area contributed by atoms with Crippen molar-refractivity contribution in [3.05, 3.63) is 94.9 Å². The van der Waals surface area contributed by atoms with Gasteiger partial charge in [0.05, 0.1) is 24.9 Å². The van der Waals surface area contributed by atoms with Crippen molar-refractivity contribution in [2.45, 2.75) is 19.0 Å². The summed E-state index contributed by atoms with van der Waals surface area (Å²) in [5.41, 5.74) is 2.05. The van der Waals surface area contributed by atoms with Crippen LogP contribution in [-0.4, -0.2) is 12.5 Å². The predicted molar refractivity (Wildman–Crippen MR) is 103 cm³/mol. The molecule has 2 atom stereocenters. The van der Waals surface area contributed by atoms with Crippen LogP contribution in [0, 0.1) is 0 Å². The van der Waals surface area contributed by atoms with E-state index < -0.39 is 0 Å². The third-order valence-corrected chi connectivity index (χ3v) is 4.43. The molecule has 4 nitrogen and oxygen atoms in total. The maximum Gasteiger partial charge on any atom is 0.234 e. The molecule has 0 aliphatic rings. The molecule has 0 aliphatic carbocycles. The standard InChI is InChI=1S/C21H21ClN2O2/c1-15(16-9-11-18(22)12-10-16)24-20(25)14-23-21(19-8-5-13-26-19)17-6-3-2-4-7-17/h2-13,15,21,23H,14H2,1H3,(H,24,25)/t15-,21+/m1/s1. The highest BCUT2D eigenvalue weighted by Crippen LogP contribution is 2.22. The van der Waals surface area contributed by atoms with Gasteiger partial charge < -0.3 is 9.73 Å². The van der Waals surface area contributed by atoms with Gasteiger partial charge >= 0.3 is 0 Å². The number of hydrogen-bond donors (Lipinski definition) is 2. The SMILES string of the molecule is C[C@@H](NC(=O)CN[C@@H](c1ccccc1)c1ccco1)c1ccc(Cl)cc1. The minimum Gasteiger partial charge on any atom is -0.467 e. The Balaban J connectivity index is 1.62. The van der Waals surface area contributed by atoms with E-state index in [1.807, 2.05) is 73.7 Å². The van der Waals surface area contributed by atoms with Crippen molar-refractivity contribution in [1.82, 2.24) is 10.6 Å². The summed E-state index contributed by atoms with van der Waals surface area (Å²) in [5, 5.41) is 6.95. The van der Waals surface area contributed by atoms with Crippen LogP contribution in [0.2, 0.25) is 5.02 Å².